The molecule has 0 radical (unpaired) electrons. The molecular formula is C25H28N6O5. The van der Waals surface area contributed by atoms with Gasteiger partial charge < -0.3 is 20.9 Å². The number of benzene rings is 1. The number of hydrogen-bond donors (Lipinski definition) is 4. The van der Waals surface area contributed by atoms with E-state index in [4.69, 9.17) is 0 Å². The Balaban J connectivity index is 1.52. The van der Waals surface area contributed by atoms with Gasteiger partial charge in [-0.25, -0.2) is 4.79 Å². The van der Waals surface area contributed by atoms with Crippen LogP contribution in [0.3, 0.4) is 0 Å². The van der Waals surface area contributed by atoms with Crippen LogP contribution >= 0.6 is 0 Å². The summed E-state index contributed by atoms with van der Waals surface area (Å²) in [5.74, 6) is -1.18. The van der Waals surface area contributed by atoms with Gasteiger partial charge in [-0.1, -0.05) is 26.8 Å². The fourth-order valence-electron chi connectivity index (χ4n) is 3.04. The zero-order valence-corrected chi connectivity index (χ0v) is 20.3. The molecule has 3 rings (SSSR count). The average Bonchev–Trinajstić information content (AvgIpc) is 2.84. The number of carbonyl (C=O) groups excluding carboxylic acids is 3. The smallest absolute Gasteiger partial charge is 0.328 e. The minimum atomic E-state index is -0.746. The van der Waals surface area contributed by atoms with Crippen LogP contribution in [0.1, 0.15) is 47.2 Å². The Labute approximate surface area is 207 Å². The fraction of sp³-hybridized carbons (Fsp3) is 0.280. The van der Waals surface area contributed by atoms with Crippen molar-refractivity contribution in [2.24, 2.45) is 5.41 Å². The Morgan fingerprint density at radius 2 is 1.61 bits per heavy atom. The summed E-state index contributed by atoms with van der Waals surface area (Å²) in [6.07, 6.45) is 2.60. The summed E-state index contributed by atoms with van der Waals surface area (Å²) < 4.78 is 0.895. The highest BCUT2D eigenvalue weighted by Gasteiger charge is 2.21. The first-order valence-electron chi connectivity index (χ1n) is 11.3. The number of hydrogen-bond acceptors (Lipinski definition) is 6. The molecule has 2 aromatic heterocycles. The molecule has 4 N–H and O–H groups in total. The molecule has 36 heavy (non-hydrogen) atoms. The molecule has 0 unspecified atom stereocenters. The third-order valence-electron chi connectivity index (χ3n) is 5.13. The van der Waals surface area contributed by atoms with Crippen LogP contribution in [0, 0.1) is 5.41 Å². The molecule has 0 saturated heterocycles. The van der Waals surface area contributed by atoms with Crippen LogP contribution in [-0.4, -0.2) is 45.3 Å². The number of H-pyrrole nitrogens is 1. The van der Waals surface area contributed by atoms with Gasteiger partial charge in [0, 0.05) is 42.1 Å². The lowest BCUT2D eigenvalue weighted by atomic mass is 9.95. The van der Waals surface area contributed by atoms with E-state index in [-0.39, 0.29) is 37.0 Å². The molecule has 1 aromatic carbocycles. The summed E-state index contributed by atoms with van der Waals surface area (Å²) in [6.45, 7) is 5.50. The first kappa shape index (κ1) is 26.1. The van der Waals surface area contributed by atoms with Gasteiger partial charge in [0.15, 0.2) is 0 Å². The Kier molecular flexibility index (Phi) is 8.15. The quantitative estimate of drug-likeness (QED) is 0.346. The van der Waals surface area contributed by atoms with Gasteiger partial charge in [-0.3, -0.25) is 28.7 Å². The molecule has 0 aliphatic rings. The van der Waals surface area contributed by atoms with Gasteiger partial charge in [-0.15, -0.1) is 0 Å². The number of pyridine rings is 1. The molecule has 0 bridgehead atoms. The Morgan fingerprint density at radius 3 is 2.22 bits per heavy atom. The number of rotatable bonds is 8. The molecule has 11 heteroatoms. The van der Waals surface area contributed by atoms with Crippen LogP contribution in [0.15, 0.2) is 64.4 Å². The number of amides is 3. The van der Waals surface area contributed by atoms with Crippen LogP contribution < -0.4 is 27.2 Å². The third kappa shape index (κ3) is 6.75. The highest BCUT2D eigenvalue weighted by molar-refractivity contribution is 5.97. The molecule has 0 aliphatic carbocycles. The summed E-state index contributed by atoms with van der Waals surface area (Å²) in [5.41, 5.74) is -0.717. The molecule has 0 spiro atoms. The van der Waals surface area contributed by atoms with Crippen LogP contribution in [-0.2, 0) is 11.3 Å². The number of anilines is 1. The van der Waals surface area contributed by atoms with Crippen molar-refractivity contribution in [3.05, 3.63) is 92.5 Å². The lowest BCUT2D eigenvalue weighted by molar-refractivity contribution is -0.123. The largest absolute Gasteiger partial charge is 0.350 e. The maximum atomic E-state index is 12.7. The number of nitrogens with zero attached hydrogens (tertiary/aromatic N) is 2. The fourth-order valence-corrected chi connectivity index (χ4v) is 3.04. The minimum Gasteiger partial charge on any atom is -0.350 e. The first-order chi connectivity index (χ1) is 17.1. The van der Waals surface area contributed by atoms with E-state index >= 15 is 0 Å². The molecule has 0 atom stereocenters. The van der Waals surface area contributed by atoms with Gasteiger partial charge in [-0.2, -0.15) is 0 Å². The van der Waals surface area contributed by atoms with Gasteiger partial charge in [0.25, 0.3) is 17.4 Å². The number of aromatic amines is 1. The normalized spacial score (nSPS) is 11.0. The van der Waals surface area contributed by atoms with Crippen LogP contribution in [0.5, 0.6) is 0 Å². The highest BCUT2D eigenvalue weighted by Crippen LogP contribution is 2.17. The van der Waals surface area contributed by atoms with Gasteiger partial charge in [0.1, 0.15) is 5.56 Å². The second kappa shape index (κ2) is 11.3. The molecule has 3 amide bonds. The van der Waals surface area contributed by atoms with Crippen molar-refractivity contribution in [1.82, 2.24) is 25.2 Å². The van der Waals surface area contributed by atoms with Crippen molar-refractivity contribution in [3.63, 3.8) is 0 Å². The van der Waals surface area contributed by atoms with E-state index < -0.39 is 22.6 Å². The van der Waals surface area contributed by atoms with E-state index in [1.807, 2.05) is 0 Å². The van der Waals surface area contributed by atoms with Crippen molar-refractivity contribution in [2.75, 3.05) is 18.4 Å². The Bertz CT molecular complexity index is 1350. The summed E-state index contributed by atoms with van der Waals surface area (Å²) in [5, 5.41) is 8.00. The molecular weight excluding hydrogens is 464 g/mol. The highest BCUT2D eigenvalue weighted by atomic mass is 16.2. The third-order valence-corrected chi connectivity index (χ3v) is 5.13. The molecule has 11 nitrogen and oxygen atoms in total. The lowest BCUT2D eigenvalue weighted by Crippen LogP contribution is -2.42. The second-order valence-corrected chi connectivity index (χ2v) is 9.01. The van der Waals surface area contributed by atoms with Crippen LogP contribution in [0.2, 0.25) is 0 Å². The topological polar surface area (TPSA) is 155 Å². The number of carbonyl (C=O) groups is 3. The number of aromatic nitrogens is 3. The van der Waals surface area contributed by atoms with Crippen LogP contribution in [0.25, 0.3) is 0 Å². The zero-order chi connectivity index (χ0) is 26.3. The SMILES string of the molecule is CC(C)(C)C(=O)Nc1ccc(C(=O)NCCNC(=O)c2c[nH]c(=O)n(Cc3ccccn3)c2=O)cc1. The molecule has 0 saturated carbocycles. The lowest BCUT2D eigenvalue weighted by Gasteiger charge is -2.17. The molecule has 2 heterocycles. The maximum Gasteiger partial charge on any atom is 0.328 e. The minimum absolute atomic E-state index is 0.0586. The van der Waals surface area contributed by atoms with E-state index in [0.717, 1.165) is 10.8 Å². The Morgan fingerprint density at radius 1 is 0.944 bits per heavy atom. The van der Waals surface area contributed by atoms with Crippen molar-refractivity contribution >= 4 is 23.4 Å². The van der Waals surface area contributed by atoms with Crippen molar-refractivity contribution in [1.29, 1.82) is 0 Å². The van der Waals surface area contributed by atoms with Gasteiger partial charge >= 0.3 is 5.69 Å². The predicted octanol–water partition coefficient (Wildman–Crippen LogP) is 1.12. The van der Waals surface area contributed by atoms with E-state index in [0.29, 0.717) is 16.9 Å². The van der Waals surface area contributed by atoms with Crippen molar-refractivity contribution in [2.45, 2.75) is 27.3 Å². The number of nitrogens with one attached hydrogen (secondary N) is 4. The molecule has 3 aromatic rings. The predicted molar refractivity (Wildman–Crippen MR) is 134 cm³/mol. The van der Waals surface area contributed by atoms with Gasteiger partial charge in [0.2, 0.25) is 5.91 Å². The molecule has 188 valence electrons. The summed E-state index contributed by atoms with van der Waals surface area (Å²) in [7, 11) is 0. The van der Waals surface area contributed by atoms with E-state index in [1.54, 1.807) is 69.4 Å². The molecule has 0 fully saturated rings. The second-order valence-electron chi connectivity index (χ2n) is 9.01. The average molecular weight is 493 g/mol. The summed E-state index contributed by atoms with van der Waals surface area (Å²) in [6, 6.07) is 11.5. The van der Waals surface area contributed by atoms with E-state index in [9.17, 15) is 24.0 Å². The molecule has 0 aliphatic heterocycles. The van der Waals surface area contributed by atoms with Crippen molar-refractivity contribution in [3.8, 4) is 0 Å². The summed E-state index contributed by atoms with van der Waals surface area (Å²) >= 11 is 0. The standard InChI is InChI=1S/C25H28N6O5/c1-25(2,3)23(35)30-17-9-7-16(8-10-17)20(32)27-12-13-28-21(33)19-14-29-24(36)31(22(19)34)15-18-6-4-5-11-26-18/h4-11,14H,12-13,15H2,1-3H3,(H,27,32)(H,28,33)(H,29,36)(H,30,35). The van der Waals surface area contributed by atoms with E-state index in [2.05, 4.69) is 25.9 Å². The monoisotopic (exact) mass is 492 g/mol. The maximum absolute atomic E-state index is 12.7. The van der Waals surface area contributed by atoms with Crippen molar-refractivity contribution < 1.29 is 14.4 Å². The van der Waals surface area contributed by atoms with Crippen LogP contribution in [0.4, 0.5) is 5.69 Å². The zero-order valence-electron chi connectivity index (χ0n) is 20.3. The van der Waals surface area contributed by atoms with E-state index in [1.165, 1.54) is 0 Å². The Hall–Kier alpha value is -4.54. The first-order valence-corrected chi connectivity index (χ1v) is 11.3. The summed E-state index contributed by atoms with van der Waals surface area (Å²) in [4.78, 5) is 68.1. The van der Waals surface area contributed by atoms with Gasteiger partial charge in [-0.05, 0) is 36.4 Å². The van der Waals surface area contributed by atoms with Gasteiger partial charge in [0.05, 0.1) is 12.2 Å².